The van der Waals surface area contributed by atoms with Crippen LogP contribution >= 0.6 is 11.3 Å². The van der Waals surface area contributed by atoms with Crippen LogP contribution < -0.4 is 4.90 Å². The number of nitrogens with zero attached hydrogens (tertiary/aromatic N) is 4. The van der Waals surface area contributed by atoms with Crippen molar-refractivity contribution in [1.82, 2.24) is 0 Å². The Balaban J connectivity index is 1.06. The molecule has 0 N–H and O–H groups in total. The Morgan fingerprint density at radius 2 is 1.34 bits per heavy atom. The Bertz CT molecular complexity index is 3020. The third-order valence-corrected chi connectivity index (χ3v) is 12.0. The molecule has 0 fully saturated rings. The molecule has 0 saturated heterocycles. The molecule has 5 nitrogen and oxygen atoms in total. The first kappa shape index (κ1) is 35.3. The Hall–Kier alpha value is -7.15. The van der Waals surface area contributed by atoms with Gasteiger partial charge in [0.15, 0.2) is 11.7 Å². The average molecular weight is 767 g/mol. The van der Waals surface area contributed by atoms with Gasteiger partial charge in [-0.05, 0) is 95.9 Å². The van der Waals surface area contributed by atoms with Gasteiger partial charge in [-0.15, -0.1) is 11.3 Å². The summed E-state index contributed by atoms with van der Waals surface area (Å²) in [5, 5.41) is 3.38. The molecule has 0 saturated carbocycles. The summed E-state index contributed by atoms with van der Waals surface area (Å²) in [5.41, 5.74) is 10.2. The summed E-state index contributed by atoms with van der Waals surface area (Å²) in [6, 6.07) is 60.9. The van der Waals surface area contributed by atoms with Crippen LogP contribution in [0.2, 0.25) is 0 Å². The van der Waals surface area contributed by atoms with Gasteiger partial charge < -0.3 is 9.32 Å². The van der Waals surface area contributed by atoms with Crippen LogP contribution in [0.5, 0.6) is 0 Å². The zero-order valence-electron chi connectivity index (χ0n) is 31.7. The summed E-state index contributed by atoms with van der Waals surface area (Å²) in [4.78, 5) is 18.3. The fraction of sp³-hybridized carbons (Fsp3) is 0.0577. The number of hydrogen-bond acceptors (Lipinski definition) is 4. The summed E-state index contributed by atoms with van der Waals surface area (Å²) < 4.78 is 8.01. The van der Waals surface area contributed by atoms with E-state index in [1.807, 2.05) is 59.9 Å². The second-order valence-corrected chi connectivity index (χ2v) is 15.5. The molecule has 58 heavy (non-hydrogen) atoms. The summed E-state index contributed by atoms with van der Waals surface area (Å²) >= 11 is 1.86. The molecule has 2 aromatic heterocycles. The maximum absolute atomic E-state index is 6.69. The van der Waals surface area contributed by atoms with Crippen molar-refractivity contribution < 1.29 is 4.42 Å². The minimum Gasteiger partial charge on any atom is -0.456 e. The van der Waals surface area contributed by atoms with E-state index >= 15 is 0 Å². The molecule has 9 aromatic rings. The average Bonchev–Trinajstić information content (AvgIpc) is 3.86. The second kappa shape index (κ2) is 15.4. The highest BCUT2D eigenvalue weighted by molar-refractivity contribution is 7.20. The van der Waals surface area contributed by atoms with E-state index in [-0.39, 0.29) is 5.92 Å². The van der Waals surface area contributed by atoms with Crippen molar-refractivity contribution in [2.75, 3.05) is 11.4 Å². The van der Waals surface area contributed by atoms with E-state index in [0.29, 0.717) is 18.2 Å². The highest BCUT2D eigenvalue weighted by atomic mass is 32.1. The number of furan rings is 1. The number of para-hydroxylation sites is 1. The molecule has 0 amide bonds. The van der Waals surface area contributed by atoms with Crippen molar-refractivity contribution in [2.45, 2.75) is 6.42 Å². The van der Waals surface area contributed by atoms with Crippen LogP contribution in [0.25, 0.3) is 49.2 Å². The first-order chi connectivity index (χ1) is 28.7. The summed E-state index contributed by atoms with van der Waals surface area (Å²) in [6.45, 7) is 4.47. The number of aliphatic imine (C=N–C) groups is 3. The molecule has 0 aliphatic heterocycles. The number of amidine groups is 2. The zero-order valence-corrected chi connectivity index (χ0v) is 32.5. The van der Waals surface area contributed by atoms with E-state index in [9.17, 15) is 0 Å². The Labute approximate surface area is 341 Å². The van der Waals surface area contributed by atoms with Crippen molar-refractivity contribution in [3.05, 3.63) is 204 Å². The molecule has 1 atom stereocenters. The third-order valence-electron chi connectivity index (χ3n) is 10.8. The molecule has 7 aromatic carbocycles. The van der Waals surface area contributed by atoms with Crippen LogP contribution in [0.4, 0.5) is 17.1 Å². The van der Waals surface area contributed by atoms with Gasteiger partial charge in [-0.25, -0.2) is 9.98 Å². The van der Waals surface area contributed by atoms with E-state index in [4.69, 9.17) is 14.4 Å². The summed E-state index contributed by atoms with van der Waals surface area (Å²) in [6.07, 6.45) is 5.49. The van der Waals surface area contributed by atoms with Gasteiger partial charge in [-0.1, -0.05) is 127 Å². The topological polar surface area (TPSA) is 53.5 Å². The molecule has 2 heterocycles. The Kier molecular flexibility index (Phi) is 9.38. The van der Waals surface area contributed by atoms with Gasteiger partial charge in [-0.2, -0.15) is 0 Å². The largest absolute Gasteiger partial charge is 0.456 e. The monoisotopic (exact) mass is 766 g/mol. The predicted octanol–water partition coefficient (Wildman–Crippen LogP) is 13.7. The van der Waals surface area contributed by atoms with Crippen molar-refractivity contribution in [3.8, 4) is 11.1 Å². The van der Waals surface area contributed by atoms with E-state index in [1.54, 1.807) is 0 Å². The zero-order chi connectivity index (χ0) is 38.8. The maximum atomic E-state index is 6.69. The molecule has 1 aliphatic carbocycles. The van der Waals surface area contributed by atoms with Crippen LogP contribution in [0, 0.1) is 5.92 Å². The normalized spacial score (nSPS) is 14.2. The van der Waals surface area contributed by atoms with Crippen LogP contribution in [0.3, 0.4) is 0 Å². The molecule has 278 valence electrons. The first-order valence-corrected chi connectivity index (χ1v) is 20.3. The molecule has 1 aliphatic rings. The standard InChI is InChI=1S/C52H38N4OS/c1-53-51(38-16-7-3-8-17-38)55-52(54-34-35-24-31-49-44(32-35)42-20-11-12-23-48(42)58-49)39-27-30-43-47(33-39)57-46-22-13-21-45(50(43)46)56(40-18-9-4-10-19-40)41-28-25-37(26-29-41)36-14-5-2-6-15-36/h2-31,33,35H,1,32,34H2. The molecule has 1 unspecified atom stereocenters. The minimum atomic E-state index is 0.232. The molecule has 0 spiro atoms. The van der Waals surface area contributed by atoms with Crippen LogP contribution in [0.1, 0.15) is 21.6 Å². The van der Waals surface area contributed by atoms with Gasteiger partial charge >= 0.3 is 0 Å². The van der Waals surface area contributed by atoms with E-state index in [0.717, 1.165) is 56.5 Å². The molecule has 0 radical (unpaired) electrons. The molecule has 6 heteroatoms. The van der Waals surface area contributed by atoms with E-state index in [1.165, 1.54) is 31.7 Å². The lowest BCUT2D eigenvalue weighted by atomic mass is 9.92. The summed E-state index contributed by atoms with van der Waals surface area (Å²) in [7, 11) is 0. The van der Waals surface area contributed by atoms with E-state index < -0.39 is 0 Å². The van der Waals surface area contributed by atoms with E-state index in [2.05, 4.69) is 156 Å². The van der Waals surface area contributed by atoms with Crippen molar-refractivity contribution in [2.24, 2.45) is 20.9 Å². The predicted molar refractivity (Wildman–Crippen MR) is 246 cm³/mol. The second-order valence-electron chi connectivity index (χ2n) is 14.4. The number of hydrogen-bond donors (Lipinski definition) is 0. The lowest BCUT2D eigenvalue weighted by Gasteiger charge is -2.26. The molecule has 10 rings (SSSR count). The molecular weight excluding hydrogens is 729 g/mol. The minimum absolute atomic E-state index is 0.232. The Morgan fingerprint density at radius 3 is 2.14 bits per heavy atom. The highest BCUT2D eigenvalue weighted by Gasteiger charge is 2.22. The lowest BCUT2D eigenvalue weighted by Crippen LogP contribution is -2.12. The van der Waals surface area contributed by atoms with Crippen molar-refractivity contribution >= 4 is 84.9 Å². The quantitative estimate of drug-likeness (QED) is 0.114. The number of rotatable bonds is 8. The highest BCUT2D eigenvalue weighted by Crippen LogP contribution is 2.43. The van der Waals surface area contributed by atoms with Crippen molar-refractivity contribution in [1.29, 1.82) is 0 Å². The van der Waals surface area contributed by atoms with Gasteiger partial charge in [0.05, 0.1) is 11.1 Å². The maximum Gasteiger partial charge on any atom is 0.161 e. The van der Waals surface area contributed by atoms with Gasteiger partial charge in [0, 0.05) is 49.9 Å². The van der Waals surface area contributed by atoms with Crippen LogP contribution in [0.15, 0.2) is 201 Å². The van der Waals surface area contributed by atoms with Crippen molar-refractivity contribution in [3.63, 3.8) is 0 Å². The number of benzene rings is 7. The number of anilines is 3. The number of thiophene rings is 1. The number of fused-ring (bicyclic) bond motifs is 6. The third kappa shape index (κ3) is 6.74. The van der Waals surface area contributed by atoms with Gasteiger partial charge in [0.25, 0.3) is 0 Å². The van der Waals surface area contributed by atoms with Crippen LogP contribution in [-0.4, -0.2) is 24.9 Å². The SMILES string of the molecule is C=NC(=NC(=NCC1C=Cc2sc3ccccc3c2C1)c1ccc2c(c1)oc1cccc(N(c3ccccc3)c3ccc(-c4ccccc4)cc3)c12)c1ccccc1. The molecular formula is C52H38N4OS. The van der Waals surface area contributed by atoms with Gasteiger partial charge in [0.2, 0.25) is 0 Å². The Morgan fingerprint density at radius 1 is 0.638 bits per heavy atom. The first-order valence-electron chi connectivity index (χ1n) is 19.5. The lowest BCUT2D eigenvalue weighted by molar-refractivity contribution is 0.660. The fourth-order valence-electron chi connectivity index (χ4n) is 7.99. The molecule has 0 bridgehead atoms. The fourth-order valence-corrected chi connectivity index (χ4v) is 9.13. The van der Waals surface area contributed by atoms with Crippen LogP contribution in [-0.2, 0) is 6.42 Å². The summed E-state index contributed by atoms with van der Waals surface area (Å²) in [5.74, 6) is 1.34. The smallest absolute Gasteiger partial charge is 0.161 e. The van der Waals surface area contributed by atoms with Gasteiger partial charge in [-0.3, -0.25) is 4.99 Å². The van der Waals surface area contributed by atoms with Gasteiger partial charge in [0.1, 0.15) is 11.2 Å².